The normalized spacial score (nSPS) is 22.3. The Morgan fingerprint density at radius 3 is 2.84 bits per heavy atom. The molecule has 0 spiro atoms. The summed E-state index contributed by atoms with van der Waals surface area (Å²) in [6.45, 7) is 0.502. The van der Waals surface area contributed by atoms with Gasteiger partial charge in [0.1, 0.15) is 11.7 Å². The Labute approximate surface area is 175 Å². The number of nitrogens with zero attached hydrogens (tertiary/aromatic N) is 5. The van der Waals surface area contributed by atoms with E-state index >= 15 is 0 Å². The molecule has 1 aliphatic heterocycles. The summed E-state index contributed by atoms with van der Waals surface area (Å²) in [5.41, 5.74) is 0.925. The summed E-state index contributed by atoms with van der Waals surface area (Å²) in [5.74, 6) is -0.139. The van der Waals surface area contributed by atoms with Gasteiger partial charge in [-0.05, 0) is 31.4 Å². The van der Waals surface area contributed by atoms with Gasteiger partial charge in [0, 0.05) is 24.4 Å². The summed E-state index contributed by atoms with van der Waals surface area (Å²) >= 11 is 0. The lowest BCUT2D eigenvalue weighted by Crippen LogP contribution is -2.39. The molecule has 0 amide bonds. The Bertz CT molecular complexity index is 1070. The average Bonchev–Trinajstić information content (AvgIpc) is 3.14. The number of aromatic nitrogens is 5. The summed E-state index contributed by atoms with van der Waals surface area (Å²) < 4.78 is 52.1. The van der Waals surface area contributed by atoms with Crippen LogP contribution in [0.25, 0.3) is 5.52 Å². The highest BCUT2D eigenvalue weighted by molar-refractivity contribution is 5.52. The van der Waals surface area contributed by atoms with Gasteiger partial charge in [-0.1, -0.05) is 17.7 Å². The van der Waals surface area contributed by atoms with E-state index in [1.54, 1.807) is 4.52 Å². The minimum absolute atomic E-state index is 0.0100. The van der Waals surface area contributed by atoms with Crippen molar-refractivity contribution in [3.63, 3.8) is 0 Å². The van der Waals surface area contributed by atoms with E-state index in [9.17, 15) is 13.2 Å². The molecule has 4 heterocycles. The first-order valence-electron chi connectivity index (χ1n) is 10.2. The number of hydrogen-bond acceptors (Lipinski definition) is 7. The molecule has 1 saturated carbocycles. The van der Waals surface area contributed by atoms with Crippen LogP contribution in [0.2, 0.25) is 0 Å². The molecule has 0 radical (unpaired) electrons. The molecule has 164 valence electrons. The van der Waals surface area contributed by atoms with Crippen molar-refractivity contribution in [2.24, 2.45) is 0 Å². The van der Waals surface area contributed by atoms with Gasteiger partial charge < -0.3 is 14.8 Å². The van der Waals surface area contributed by atoms with Crippen LogP contribution in [0.15, 0.2) is 30.6 Å². The van der Waals surface area contributed by atoms with Crippen molar-refractivity contribution < 1.29 is 22.6 Å². The van der Waals surface area contributed by atoms with Gasteiger partial charge in [-0.3, -0.25) is 0 Å². The van der Waals surface area contributed by atoms with Crippen molar-refractivity contribution in [1.29, 1.82) is 0 Å². The van der Waals surface area contributed by atoms with Crippen molar-refractivity contribution >= 4 is 11.5 Å². The fourth-order valence-electron chi connectivity index (χ4n) is 4.07. The maximum absolute atomic E-state index is 13.3. The molecule has 0 unspecified atom stereocenters. The molecule has 5 rings (SSSR count). The standard InChI is InChI=1S/C20H21F3N6O2/c21-20(22,23)15-9-24-19(26-18(15)31-14-10-30-11-14)25-13-5-3-4-12(8-13)17-16-6-1-2-7-29(16)28-27-17/h1-2,6-7,9,12-14H,3-5,8,10-11H2,(H,24,25,26)/t12-,13+/m1/s1. The number of anilines is 1. The van der Waals surface area contributed by atoms with Crippen LogP contribution in [0.3, 0.4) is 0 Å². The van der Waals surface area contributed by atoms with Crippen molar-refractivity contribution in [3.8, 4) is 5.88 Å². The van der Waals surface area contributed by atoms with E-state index in [4.69, 9.17) is 9.47 Å². The third-order valence-electron chi connectivity index (χ3n) is 5.69. The molecule has 2 atom stereocenters. The molecule has 0 bridgehead atoms. The quantitative estimate of drug-likeness (QED) is 0.658. The molecule has 31 heavy (non-hydrogen) atoms. The molecule has 3 aromatic heterocycles. The predicted molar refractivity (Wildman–Crippen MR) is 104 cm³/mol. The van der Waals surface area contributed by atoms with Crippen LogP contribution >= 0.6 is 0 Å². The van der Waals surface area contributed by atoms with Gasteiger partial charge in [0.2, 0.25) is 11.8 Å². The Balaban J connectivity index is 1.33. The molecule has 1 saturated heterocycles. The molecule has 3 aromatic rings. The summed E-state index contributed by atoms with van der Waals surface area (Å²) in [6, 6.07) is 5.84. The maximum atomic E-state index is 13.3. The second-order valence-electron chi connectivity index (χ2n) is 7.90. The number of alkyl halides is 3. The Kier molecular flexibility index (Phi) is 5.12. The molecule has 2 aliphatic rings. The first kappa shape index (κ1) is 20.0. The number of nitrogens with one attached hydrogen (secondary N) is 1. The summed E-state index contributed by atoms with van der Waals surface area (Å²) in [7, 11) is 0. The van der Waals surface area contributed by atoms with Crippen LogP contribution in [0.5, 0.6) is 5.88 Å². The molecule has 0 aromatic carbocycles. The van der Waals surface area contributed by atoms with Crippen molar-refractivity contribution in [2.45, 2.75) is 49.9 Å². The topological polar surface area (TPSA) is 86.5 Å². The van der Waals surface area contributed by atoms with Gasteiger partial charge in [-0.15, -0.1) is 5.10 Å². The molecular formula is C20H21F3N6O2. The number of hydrogen-bond donors (Lipinski definition) is 1. The van der Waals surface area contributed by atoms with Gasteiger partial charge in [0.15, 0.2) is 0 Å². The fourth-order valence-corrected chi connectivity index (χ4v) is 4.07. The maximum Gasteiger partial charge on any atom is 0.423 e. The van der Waals surface area contributed by atoms with E-state index in [2.05, 4.69) is 25.6 Å². The SMILES string of the molecule is FC(F)(F)c1cnc(N[C@H]2CCC[C@@H](c3nnn4ccccc34)C2)nc1OC1COC1. The van der Waals surface area contributed by atoms with E-state index in [-0.39, 0.29) is 31.1 Å². The number of pyridine rings is 1. The molecule has 2 fully saturated rings. The van der Waals surface area contributed by atoms with Crippen molar-refractivity contribution in [1.82, 2.24) is 24.8 Å². The highest BCUT2D eigenvalue weighted by atomic mass is 19.4. The zero-order valence-electron chi connectivity index (χ0n) is 16.5. The van der Waals surface area contributed by atoms with E-state index in [1.165, 1.54) is 0 Å². The highest BCUT2D eigenvalue weighted by Crippen LogP contribution is 2.37. The number of rotatable bonds is 5. The van der Waals surface area contributed by atoms with Crippen molar-refractivity contribution in [3.05, 3.63) is 41.9 Å². The highest BCUT2D eigenvalue weighted by Gasteiger charge is 2.38. The number of fused-ring (bicyclic) bond motifs is 1. The monoisotopic (exact) mass is 434 g/mol. The van der Waals surface area contributed by atoms with Crippen LogP contribution in [-0.4, -0.2) is 50.2 Å². The predicted octanol–water partition coefficient (Wildman–Crippen LogP) is 3.45. The molecule has 1 aliphatic carbocycles. The van der Waals surface area contributed by atoms with Crippen LogP contribution in [0.1, 0.15) is 42.9 Å². The van der Waals surface area contributed by atoms with E-state index in [1.807, 2.05) is 24.4 Å². The molecule has 11 heteroatoms. The van der Waals surface area contributed by atoms with E-state index < -0.39 is 23.7 Å². The number of ether oxygens (including phenoxy) is 2. The zero-order valence-corrected chi connectivity index (χ0v) is 16.5. The second kappa shape index (κ2) is 7.95. The van der Waals surface area contributed by atoms with Gasteiger partial charge >= 0.3 is 6.18 Å². The molecular weight excluding hydrogens is 413 g/mol. The van der Waals surface area contributed by atoms with Crippen LogP contribution in [0.4, 0.5) is 19.1 Å². The Hall–Kier alpha value is -2.95. The second-order valence-corrected chi connectivity index (χ2v) is 7.90. The average molecular weight is 434 g/mol. The lowest BCUT2D eigenvalue weighted by atomic mass is 9.83. The van der Waals surface area contributed by atoms with E-state index in [0.717, 1.165) is 43.1 Å². The minimum atomic E-state index is -4.59. The van der Waals surface area contributed by atoms with Gasteiger partial charge in [-0.25, -0.2) is 9.50 Å². The van der Waals surface area contributed by atoms with Crippen LogP contribution in [-0.2, 0) is 10.9 Å². The zero-order chi connectivity index (χ0) is 21.4. The van der Waals surface area contributed by atoms with E-state index in [0.29, 0.717) is 0 Å². The Morgan fingerprint density at radius 1 is 1.19 bits per heavy atom. The van der Waals surface area contributed by atoms with Gasteiger partial charge in [-0.2, -0.15) is 18.2 Å². The first-order chi connectivity index (χ1) is 15.0. The lowest BCUT2D eigenvalue weighted by molar-refractivity contribution is -0.142. The fraction of sp³-hybridized carbons (Fsp3) is 0.500. The summed E-state index contributed by atoms with van der Waals surface area (Å²) in [6.07, 6.45) is 1.18. The third-order valence-corrected chi connectivity index (χ3v) is 5.69. The number of halogens is 3. The van der Waals surface area contributed by atoms with Crippen molar-refractivity contribution in [2.75, 3.05) is 18.5 Å². The van der Waals surface area contributed by atoms with Crippen LogP contribution < -0.4 is 10.1 Å². The smallest absolute Gasteiger partial charge is 0.423 e. The van der Waals surface area contributed by atoms with Gasteiger partial charge in [0.25, 0.3) is 0 Å². The van der Waals surface area contributed by atoms with Gasteiger partial charge in [0.05, 0.1) is 24.4 Å². The lowest BCUT2D eigenvalue weighted by Gasteiger charge is -2.29. The summed E-state index contributed by atoms with van der Waals surface area (Å²) in [4.78, 5) is 7.94. The largest absolute Gasteiger partial charge is 0.469 e. The molecule has 1 N–H and O–H groups in total. The third kappa shape index (κ3) is 4.14. The molecule has 8 nitrogen and oxygen atoms in total. The Morgan fingerprint density at radius 2 is 2.06 bits per heavy atom. The first-order valence-corrected chi connectivity index (χ1v) is 10.2. The minimum Gasteiger partial charge on any atom is -0.469 e. The van der Waals surface area contributed by atoms with Crippen LogP contribution in [0, 0.1) is 0 Å². The summed E-state index contributed by atoms with van der Waals surface area (Å²) in [5, 5.41) is 11.7.